The molecule has 756 valence electrons. The maximum absolute atomic E-state index is 13.0. The van der Waals surface area contributed by atoms with E-state index in [0.717, 1.165) is 108 Å². The quantitative estimate of drug-likeness (QED) is 0.0554. The van der Waals surface area contributed by atoms with E-state index in [0.29, 0.717) is 84.6 Å². The predicted molar refractivity (Wildman–Crippen MR) is 590 cm³/mol. The second kappa shape index (κ2) is 36.8. The van der Waals surface area contributed by atoms with Crippen molar-refractivity contribution in [3.63, 3.8) is 0 Å². The van der Waals surface area contributed by atoms with Gasteiger partial charge in [-0.1, -0.05) is 182 Å². The molecule has 8 N–H and O–H groups in total. The number of nitrogens with one attached hydrogen (secondary N) is 6. The fourth-order valence-corrected chi connectivity index (χ4v) is 32.3. The van der Waals surface area contributed by atoms with Crippen molar-refractivity contribution < 1.29 is 32.5 Å². The number of aliphatic hydroxyl groups is 1. The molecule has 18 aliphatic heterocycles. The summed E-state index contributed by atoms with van der Waals surface area (Å²) in [6.07, 6.45) is 35.2. The largest absolute Gasteiger partial charge is 0.384 e. The number of rotatable bonds is 7. The Morgan fingerprint density at radius 1 is 0.361 bits per heavy atom. The molecule has 147 heavy (non-hydrogen) atoms. The van der Waals surface area contributed by atoms with Crippen molar-refractivity contribution in [2.24, 2.45) is 41.4 Å². The van der Waals surface area contributed by atoms with E-state index in [1.54, 1.807) is 40.6 Å². The average Bonchev–Trinajstić information content (AvgIpc) is 1.56. The first-order valence-electron chi connectivity index (χ1n) is 54.6. The van der Waals surface area contributed by atoms with Crippen molar-refractivity contribution in [2.45, 2.75) is 234 Å². The highest BCUT2D eigenvalue weighted by Gasteiger charge is 2.59. The lowest BCUT2D eigenvalue weighted by molar-refractivity contribution is -0.155. The SMILES string of the molecule is C=CC1(O)CC2CC3c4[nH]c5ccc(C)cc5c4CC(=O)N(C2)C31.C=CC1=CC2CC3c4[nH]c5ccc(C)cc5c4CC(=O)N(C2)C13.C=CC1=CC2CC3c4[nH]c5ccc(C)cc5c4CC(=O)N(C2)C13.C=CC1=CC2CC3c4[nH]c5ccc(C)cc5c4CCN(C2)C13.C=CC1=CC2CC3c4[nH]c5ccc(C)cc5c4CCN(C2)C13.CC[C@H]1CC2CC3c4[nH]c5ccc(C)cc5c4CCN(C2)C31.Cc1ccc(S(=O)(=O)O)cc1. The average molecular weight is 1980 g/mol. The third kappa shape index (κ3) is 16.3. The maximum Gasteiger partial charge on any atom is 0.294 e. The van der Waals surface area contributed by atoms with Gasteiger partial charge < -0.3 is 49.7 Å². The van der Waals surface area contributed by atoms with Crippen LogP contribution >= 0.6 is 0 Å². The van der Waals surface area contributed by atoms with Gasteiger partial charge in [-0.25, -0.2) is 0 Å². The van der Waals surface area contributed by atoms with Crippen molar-refractivity contribution in [3.05, 3.63) is 350 Å². The van der Waals surface area contributed by atoms with Gasteiger partial charge in [0.15, 0.2) is 0 Å². The van der Waals surface area contributed by atoms with E-state index in [-0.39, 0.29) is 46.7 Å². The first-order valence-corrected chi connectivity index (χ1v) is 56.0. The number of aromatic amines is 6. The molecule has 23 atom stereocenters. The molecule has 19 nitrogen and oxygen atoms in total. The number of H-pyrrole nitrogens is 6. The highest BCUT2D eigenvalue weighted by Crippen LogP contribution is 2.58. The van der Waals surface area contributed by atoms with Gasteiger partial charge in [0.1, 0.15) is 5.60 Å². The molecule has 6 aromatic heterocycles. The van der Waals surface area contributed by atoms with Crippen molar-refractivity contribution >= 4 is 93.3 Å². The smallest absolute Gasteiger partial charge is 0.294 e. The molecule has 22 unspecified atom stereocenters. The Balaban J connectivity index is 0.0000000900. The summed E-state index contributed by atoms with van der Waals surface area (Å²) < 4.78 is 29.6. The van der Waals surface area contributed by atoms with E-state index in [2.05, 4.69) is 281 Å². The lowest BCUT2D eigenvalue weighted by atomic mass is 9.63. The van der Waals surface area contributed by atoms with E-state index >= 15 is 0 Å². The minimum absolute atomic E-state index is 0.0666. The fraction of sp³-hybridized carbons (Fsp3) is 0.409. The Kier molecular flexibility index (Phi) is 23.9. The standard InChI is InChI=1S/C20H22N2O2.2C20H20N2O.C20H26N2.2C20H22N2.C7H8O3S/c1-3-20(24)9-12-7-15-18-14(8-17(23)22(10-12)19(15)20)13-6-11(2)4-5-16(13)21-18;2*1-3-13-7-12-8-16-19-15(9-18(23)22(10-12)20(13)16)14-6-11(2)4-5-17(14)21-19;3*1-3-14-9-13-10-17-19-15(6-7-22(11-13)20(14)17)16-8-12(2)4-5-18(16)21-19;1-6-2-4-7(5-3-6)11(8,9)10/h3-6,12,15,19,21,24H,1,7-10H2,2H3;2*3-7,12,16,20-21H,1,8-10H2,2H3;4-5,8,13-14,17,20-21H,3,6-7,9-11H2,1-2H3;2*3-5,8-9,13,17,20-21H,1,6-7,10-11H2,2H3;2-5H,1H3,(H,8,9,10)/t;;;13?,14-,17?,20?;;;/m...0.../s1. The number of aromatic nitrogens is 6. The number of benzene rings is 7. The van der Waals surface area contributed by atoms with E-state index in [1.165, 1.54) is 236 Å². The summed E-state index contributed by atoms with van der Waals surface area (Å²) in [5.74, 6) is 8.04. The Bertz CT molecular complexity index is 7620. The molecule has 0 radical (unpaired) electrons. The van der Waals surface area contributed by atoms with Crippen LogP contribution in [0.25, 0.3) is 65.4 Å². The molecule has 8 saturated heterocycles. The molecule has 10 fully saturated rings. The van der Waals surface area contributed by atoms with E-state index in [1.807, 2.05) is 24.0 Å². The third-order valence-corrected chi connectivity index (χ3v) is 38.7. The molecule has 37 rings (SSSR count). The van der Waals surface area contributed by atoms with Crippen LogP contribution in [0.3, 0.4) is 0 Å². The van der Waals surface area contributed by atoms with Crippen molar-refractivity contribution in [1.29, 1.82) is 0 Å². The molecule has 6 aliphatic carbocycles. The second-order valence-corrected chi connectivity index (χ2v) is 48.3. The van der Waals surface area contributed by atoms with Crippen LogP contribution in [-0.2, 0) is 63.0 Å². The monoisotopic (exact) mass is 1980 g/mol. The van der Waals surface area contributed by atoms with Crippen LogP contribution in [0.4, 0.5) is 0 Å². The van der Waals surface area contributed by atoms with Gasteiger partial charge in [0.05, 0.1) is 42.3 Å². The number of carbonyl (C=O) groups excluding carboxylic acids is 3. The lowest BCUT2D eigenvalue weighted by Gasteiger charge is -2.56. The summed E-state index contributed by atoms with van der Waals surface area (Å²) in [5, 5.41) is 19.1. The number of aryl methyl sites for hydroxylation is 7. The molecule has 2 saturated carbocycles. The molecule has 20 heteroatoms. The highest BCUT2D eigenvalue weighted by molar-refractivity contribution is 7.85. The van der Waals surface area contributed by atoms with Gasteiger partial charge in [-0.3, -0.25) is 33.6 Å². The molecular weight excluding hydrogens is 1840 g/mol. The number of nitrogens with zero attached hydrogens (tertiary/aromatic N) is 6. The summed E-state index contributed by atoms with van der Waals surface area (Å²) in [6.45, 7) is 47.1. The normalized spacial score (nSPS) is 30.6. The van der Waals surface area contributed by atoms with Crippen LogP contribution in [0.15, 0.2) is 248 Å². The molecule has 24 aliphatic rings. The van der Waals surface area contributed by atoms with Gasteiger partial charge in [-0.05, 0) is 301 Å². The molecule has 7 aromatic carbocycles. The van der Waals surface area contributed by atoms with E-state index in [9.17, 15) is 27.9 Å². The zero-order valence-corrected chi connectivity index (χ0v) is 87.2. The van der Waals surface area contributed by atoms with E-state index < -0.39 is 15.7 Å². The van der Waals surface area contributed by atoms with Gasteiger partial charge in [-0.15, -0.1) is 6.58 Å². The number of carbonyl (C=O) groups is 3. The zero-order chi connectivity index (χ0) is 101. The van der Waals surface area contributed by atoms with Crippen molar-refractivity contribution in [3.8, 4) is 0 Å². The van der Waals surface area contributed by atoms with Gasteiger partial charge in [0.2, 0.25) is 17.7 Å². The molecular formula is C127H140N12O7S. The molecule has 3 amide bonds. The minimum atomic E-state index is -4.02. The summed E-state index contributed by atoms with van der Waals surface area (Å²) in [7, 11) is -4.02. The number of hydrogen-bond acceptors (Lipinski definition) is 9. The summed E-state index contributed by atoms with van der Waals surface area (Å²) in [4.78, 5) is 75.4. The molecule has 13 aromatic rings. The van der Waals surface area contributed by atoms with Crippen molar-refractivity contribution in [1.82, 2.24) is 59.3 Å². The van der Waals surface area contributed by atoms with Crippen LogP contribution in [0.1, 0.15) is 207 Å². The molecule has 24 heterocycles. The van der Waals surface area contributed by atoms with Crippen molar-refractivity contribution in [2.75, 3.05) is 58.9 Å². The zero-order valence-electron chi connectivity index (χ0n) is 86.4. The van der Waals surface area contributed by atoms with Gasteiger partial charge in [0.25, 0.3) is 10.1 Å². The van der Waals surface area contributed by atoms with Crippen LogP contribution in [0.2, 0.25) is 0 Å². The third-order valence-electron chi connectivity index (χ3n) is 37.8. The van der Waals surface area contributed by atoms with Gasteiger partial charge in [0, 0.05) is 212 Å². The summed E-state index contributed by atoms with van der Waals surface area (Å²) in [5.41, 5.74) is 37.2. The lowest BCUT2D eigenvalue weighted by Crippen LogP contribution is -2.65. The molecule has 0 spiro atoms. The number of hydrogen-bond donors (Lipinski definition) is 8. The summed E-state index contributed by atoms with van der Waals surface area (Å²) >= 11 is 0. The Hall–Kier alpha value is -12.4. The number of amides is 3. The van der Waals surface area contributed by atoms with Crippen LogP contribution in [-0.4, -0.2) is 196 Å². The Morgan fingerprint density at radius 2 is 0.680 bits per heavy atom. The first-order chi connectivity index (χ1) is 71.0. The van der Waals surface area contributed by atoms with Crippen LogP contribution in [0.5, 0.6) is 0 Å². The highest BCUT2D eigenvalue weighted by atomic mass is 32.2. The van der Waals surface area contributed by atoms with Gasteiger partial charge >= 0.3 is 0 Å². The fourth-order valence-electron chi connectivity index (χ4n) is 31.8. The number of fused-ring (bicyclic) bond motifs is 20. The van der Waals surface area contributed by atoms with Gasteiger partial charge in [-0.2, -0.15) is 8.42 Å². The second-order valence-electron chi connectivity index (χ2n) is 46.9. The van der Waals surface area contributed by atoms with Crippen LogP contribution in [0, 0.1) is 89.9 Å². The van der Waals surface area contributed by atoms with Crippen LogP contribution < -0.4 is 0 Å². The predicted octanol–water partition coefficient (Wildman–Crippen LogP) is 22.9. The maximum atomic E-state index is 13.0. The van der Waals surface area contributed by atoms with E-state index in [4.69, 9.17) is 4.55 Å². The Labute approximate surface area is 863 Å². The Morgan fingerprint density at radius 3 is 1.05 bits per heavy atom. The topological polar surface area (TPSA) is 240 Å². The minimum Gasteiger partial charge on any atom is -0.384 e. The molecule has 24 bridgehead atoms. The summed E-state index contributed by atoms with van der Waals surface area (Å²) in [6, 6.07) is 47.9. The first kappa shape index (κ1) is 95.5. The number of piperidine rings is 8.